The maximum atomic E-state index is 12.7. The van der Waals surface area contributed by atoms with Crippen molar-refractivity contribution < 1.29 is 12.8 Å². The van der Waals surface area contributed by atoms with Crippen LogP contribution in [0.2, 0.25) is 0 Å². The zero-order valence-corrected chi connectivity index (χ0v) is 15.1. The first-order chi connectivity index (χ1) is 12.9. The monoisotopic (exact) mass is 388 g/mol. The topological polar surface area (TPSA) is 130 Å². The molecule has 0 saturated carbocycles. The van der Waals surface area contributed by atoms with Crippen LogP contribution in [0.25, 0.3) is 22.1 Å². The van der Waals surface area contributed by atoms with E-state index < -0.39 is 21.5 Å². The Balaban J connectivity index is 1.70. The number of imidazole rings is 1. The number of aromatic nitrogens is 3. The minimum Gasteiger partial charge on any atom is -0.408 e. The predicted molar refractivity (Wildman–Crippen MR) is 100 cm³/mol. The summed E-state index contributed by atoms with van der Waals surface area (Å²) in [5, 5.41) is 0. The van der Waals surface area contributed by atoms with E-state index in [1.807, 2.05) is 6.92 Å². The molecular formula is C17H16N4O5S. The van der Waals surface area contributed by atoms with Gasteiger partial charge in [-0.15, -0.1) is 0 Å². The number of aryl methyl sites for hydroxylation is 1. The number of H-pyrrole nitrogens is 2. The van der Waals surface area contributed by atoms with Gasteiger partial charge in [0.2, 0.25) is 0 Å². The molecule has 0 bridgehead atoms. The van der Waals surface area contributed by atoms with E-state index in [4.69, 9.17) is 4.42 Å². The molecule has 0 amide bonds. The average Bonchev–Trinajstić information content (AvgIpc) is 3.12. The average molecular weight is 388 g/mol. The molecule has 2 aromatic carbocycles. The summed E-state index contributed by atoms with van der Waals surface area (Å²) in [4.78, 5) is 28.3. The Kier molecular flexibility index (Phi) is 3.92. The van der Waals surface area contributed by atoms with Gasteiger partial charge in [-0.25, -0.2) is 18.0 Å². The third-order valence-electron chi connectivity index (χ3n) is 4.17. The van der Waals surface area contributed by atoms with Gasteiger partial charge in [-0.3, -0.25) is 9.29 Å². The lowest BCUT2D eigenvalue weighted by molar-refractivity contribution is 0.502. The number of fused-ring (bicyclic) bond motifs is 2. The van der Waals surface area contributed by atoms with E-state index in [1.165, 1.54) is 28.8 Å². The maximum absolute atomic E-state index is 12.7. The van der Waals surface area contributed by atoms with Crippen molar-refractivity contribution in [3.63, 3.8) is 0 Å². The summed E-state index contributed by atoms with van der Waals surface area (Å²) in [6.07, 6.45) is 0.770. The molecule has 2 heterocycles. The Bertz CT molecular complexity index is 1370. The first-order valence-corrected chi connectivity index (χ1v) is 9.74. The van der Waals surface area contributed by atoms with Crippen LogP contribution >= 0.6 is 0 Å². The van der Waals surface area contributed by atoms with Crippen LogP contribution in [-0.2, 0) is 16.6 Å². The smallest absolute Gasteiger partial charge is 0.408 e. The predicted octanol–water partition coefficient (Wildman–Crippen LogP) is 1.97. The lowest BCUT2D eigenvalue weighted by atomic mass is 10.3. The van der Waals surface area contributed by atoms with Crippen molar-refractivity contribution in [2.24, 2.45) is 0 Å². The highest BCUT2D eigenvalue weighted by Gasteiger charge is 2.17. The first-order valence-electron chi connectivity index (χ1n) is 8.25. The lowest BCUT2D eigenvalue weighted by Gasteiger charge is -2.08. The summed E-state index contributed by atoms with van der Waals surface area (Å²) >= 11 is 0. The van der Waals surface area contributed by atoms with Gasteiger partial charge >= 0.3 is 11.4 Å². The number of hydrogen-bond donors (Lipinski definition) is 3. The zero-order valence-electron chi connectivity index (χ0n) is 14.3. The molecule has 0 saturated heterocycles. The third kappa shape index (κ3) is 3.04. The van der Waals surface area contributed by atoms with Gasteiger partial charge in [-0.2, -0.15) is 0 Å². The molecule has 3 N–H and O–H groups in total. The molecule has 140 valence electrons. The number of rotatable bonds is 5. The van der Waals surface area contributed by atoms with Crippen molar-refractivity contribution >= 4 is 37.8 Å². The van der Waals surface area contributed by atoms with E-state index in [-0.39, 0.29) is 10.6 Å². The van der Waals surface area contributed by atoms with Crippen LogP contribution in [0, 0.1) is 0 Å². The third-order valence-corrected chi connectivity index (χ3v) is 5.54. The Morgan fingerprint density at radius 2 is 1.85 bits per heavy atom. The van der Waals surface area contributed by atoms with Crippen LogP contribution in [0.15, 0.2) is 55.3 Å². The van der Waals surface area contributed by atoms with Crippen LogP contribution in [0.1, 0.15) is 13.3 Å². The standard InChI is InChI=1S/C17H16N4O5S/c1-2-7-21-14-6-3-10(8-15(14)26-17(21)23)20-27(24,25)11-4-5-12-13(9-11)19-16(22)18-12/h3-6,8-9,20H,2,7H2,1H3,(H2,18,19,22). The molecule has 0 fully saturated rings. The molecule has 0 atom stereocenters. The maximum Gasteiger partial charge on any atom is 0.419 e. The fraction of sp³-hybridized carbons (Fsp3) is 0.176. The summed E-state index contributed by atoms with van der Waals surface area (Å²) in [7, 11) is -3.89. The van der Waals surface area contributed by atoms with Crippen molar-refractivity contribution in [2.45, 2.75) is 24.8 Å². The molecule has 4 rings (SSSR count). The molecule has 9 nitrogen and oxygen atoms in total. The Labute approximate surface area is 152 Å². The fourth-order valence-corrected chi connectivity index (χ4v) is 4.03. The number of nitrogens with one attached hydrogen (secondary N) is 3. The summed E-state index contributed by atoms with van der Waals surface area (Å²) in [6, 6.07) is 8.95. The van der Waals surface area contributed by atoms with Gasteiger partial charge in [0.25, 0.3) is 10.0 Å². The fourth-order valence-electron chi connectivity index (χ4n) is 2.96. The molecule has 10 heteroatoms. The second-order valence-electron chi connectivity index (χ2n) is 6.09. The van der Waals surface area contributed by atoms with Gasteiger partial charge in [0, 0.05) is 12.6 Å². The lowest BCUT2D eigenvalue weighted by Crippen LogP contribution is -2.13. The number of aromatic amines is 2. The summed E-state index contributed by atoms with van der Waals surface area (Å²) in [5.41, 5.74) is 1.67. The number of nitrogens with zero attached hydrogens (tertiary/aromatic N) is 1. The number of hydrogen-bond acceptors (Lipinski definition) is 5. The van der Waals surface area contributed by atoms with E-state index in [9.17, 15) is 18.0 Å². The molecular weight excluding hydrogens is 372 g/mol. The quantitative estimate of drug-likeness (QED) is 0.481. The van der Waals surface area contributed by atoms with Crippen LogP contribution in [-0.4, -0.2) is 23.0 Å². The highest BCUT2D eigenvalue weighted by Crippen LogP contribution is 2.22. The van der Waals surface area contributed by atoms with Gasteiger partial charge < -0.3 is 14.4 Å². The van der Waals surface area contributed by atoms with Gasteiger partial charge in [0.15, 0.2) is 5.58 Å². The molecule has 0 aliphatic heterocycles. The number of sulfonamides is 1. The van der Waals surface area contributed by atoms with Gasteiger partial charge in [-0.1, -0.05) is 6.92 Å². The largest absolute Gasteiger partial charge is 0.419 e. The van der Waals surface area contributed by atoms with Crippen LogP contribution in [0.5, 0.6) is 0 Å². The second kappa shape index (κ2) is 6.16. The first kappa shape index (κ1) is 17.2. The summed E-state index contributed by atoms with van der Waals surface area (Å²) in [5.74, 6) is -0.478. The minimum absolute atomic E-state index is 0.00430. The second-order valence-corrected chi connectivity index (χ2v) is 7.78. The van der Waals surface area contributed by atoms with Gasteiger partial charge in [0.05, 0.1) is 27.1 Å². The van der Waals surface area contributed by atoms with E-state index >= 15 is 0 Å². The van der Waals surface area contributed by atoms with Crippen molar-refractivity contribution in [3.05, 3.63) is 57.4 Å². The molecule has 0 radical (unpaired) electrons. The Hall–Kier alpha value is -3.27. The molecule has 0 unspecified atom stereocenters. The molecule has 0 spiro atoms. The van der Waals surface area contributed by atoms with Crippen molar-refractivity contribution in [1.29, 1.82) is 0 Å². The Morgan fingerprint density at radius 1 is 1.07 bits per heavy atom. The number of anilines is 1. The molecule has 0 aliphatic rings. The van der Waals surface area contributed by atoms with Crippen LogP contribution in [0.3, 0.4) is 0 Å². The van der Waals surface area contributed by atoms with E-state index in [0.717, 1.165) is 6.42 Å². The van der Waals surface area contributed by atoms with E-state index in [2.05, 4.69) is 14.7 Å². The minimum atomic E-state index is -3.89. The highest BCUT2D eigenvalue weighted by atomic mass is 32.2. The SMILES string of the molecule is CCCn1c(=O)oc2cc(NS(=O)(=O)c3ccc4[nH]c(=O)[nH]c4c3)ccc21. The van der Waals surface area contributed by atoms with Gasteiger partial charge in [0.1, 0.15) is 0 Å². The molecule has 2 aromatic heterocycles. The summed E-state index contributed by atoms with van der Waals surface area (Å²) in [6.45, 7) is 2.47. The van der Waals surface area contributed by atoms with E-state index in [0.29, 0.717) is 28.7 Å². The summed E-state index contributed by atoms with van der Waals surface area (Å²) < 4.78 is 34.5. The Morgan fingerprint density at radius 3 is 2.63 bits per heavy atom. The number of oxazole rings is 1. The van der Waals surface area contributed by atoms with Crippen LogP contribution < -0.4 is 16.2 Å². The molecule has 0 aliphatic carbocycles. The molecule has 27 heavy (non-hydrogen) atoms. The molecule has 4 aromatic rings. The van der Waals surface area contributed by atoms with Crippen molar-refractivity contribution in [1.82, 2.24) is 14.5 Å². The zero-order chi connectivity index (χ0) is 19.2. The van der Waals surface area contributed by atoms with Gasteiger partial charge in [-0.05, 0) is 36.8 Å². The highest BCUT2D eigenvalue weighted by molar-refractivity contribution is 7.92. The normalized spacial score (nSPS) is 12.0. The van der Waals surface area contributed by atoms with Crippen LogP contribution in [0.4, 0.5) is 5.69 Å². The van der Waals surface area contributed by atoms with Crippen molar-refractivity contribution in [2.75, 3.05) is 4.72 Å². The van der Waals surface area contributed by atoms with E-state index in [1.54, 1.807) is 12.1 Å². The number of benzene rings is 2. The van der Waals surface area contributed by atoms with Crippen molar-refractivity contribution in [3.8, 4) is 0 Å².